The number of hydrogen-bond donors (Lipinski definition) is 0. The van der Waals surface area contributed by atoms with E-state index < -0.39 is 20.6 Å². The Bertz CT molecular complexity index is 1510. The van der Waals surface area contributed by atoms with Gasteiger partial charge in [0.05, 0.1) is 36.7 Å². The number of nitrogens with zero attached hydrogens (tertiary/aromatic N) is 2. The van der Waals surface area contributed by atoms with Gasteiger partial charge in [-0.3, -0.25) is 10.1 Å². The molecule has 0 amide bonds. The van der Waals surface area contributed by atoms with Gasteiger partial charge in [-0.05, 0) is 29.3 Å². The molecule has 0 aliphatic rings. The summed E-state index contributed by atoms with van der Waals surface area (Å²) in [5, 5.41) is 11.2. The number of halogens is 2. The highest BCUT2D eigenvalue weighted by atomic mass is 35.5. The van der Waals surface area contributed by atoms with Crippen molar-refractivity contribution in [3.05, 3.63) is 134 Å². The van der Waals surface area contributed by atoms with Gasteiger partial charge in [0.15, 0.2) is 5.75 Å². The average molecular weight is 555 g/mol. The zero-order chi connectivity index (χ0) is 26.4. The molecule has 4 aromatic carbocycles. The van der Waals surface area contributed by atoms with Gasteiger partial charge in [0.2, 0.25) is 0 Å². The normalized spacial score (nSPS) is 11.1. The minimum absolute atomic E-state index is 0.0261. The Hall–Kier alpha value is -3.72. The Morgan fingerprint density at radius 1 is 0.865 bits per heavy atom. The number of carbonyl (C=O) groups excluding carboxylic acids is 1. The van der Waals surface area contributed by atoms with Crippen LogP contribution in [-0.2, 0) is 21.2 Å². The van der Waals surface area contributed by atoms with E-state index >= 15 is 0 Å². The van der Waals surface area contributed by atoms with Gasteiger partial charge in [-0.15, -0.1) is 0 Å². The molecule has 0 saturated carbocycles. The van der Waals surface area contributed by atoms with Crippen LogP contribution in [0.3, 0.4) is 0 Å². The highest BCUT2D eigenvalue weighted by molar-refractivity contribution is 7.92. The summed E-state index contributed by atoms with van der Waals surface area (Å²) in [5.41, 5.74) is 1.57. The molecule has 0 unspecified atom stereocenters. The van der Waals surface area contributed by atoms with E-state index in [0.29, 0.717) is 0 Å². The summed E-state index contributed by atoms with van der Waals surface area (Å²) >= 11 is 12.6. The fourth-order valence-electron chi connectivity index (χ4n) is 3.54. The molecule has 0 bridgehead atoms. The lowest BCUT2D eigenvalue weighted by Crippen LogP contribution is -2.10. The molecule has 7 nitrogen and oxygen atoms in total. The number of esters is 1. The van der Waals surface area contributed by atoms with Gasteiger partial charge in [0.1, 0.15) is 5.69 Å². The molecule has 0 radical (unpaired) electrons. The largest absolute Gasteiger partial charge is 0.420 e. The fourth-order valence-corrected chi connectivity index (χ4v) is 6.28. The molecule has 188 valence electrons. The van der Waals surface area contributed by atoms with Crippen molar-refractivity contribution < 1.29 is 18.7 Å². The molecular weight excluding hydrogens is 535 g/mol. The minimum atomic E-state index is -2.99. The Balaban J connectivity index is 1.76. The average Bonchev–Trinajstić information content (AvgIpc) is 2.87. The summed E-state index contributed by atoms with van der Waals surface area (Å²) in [6.07, 6.45) is 0. The highest BCUT2D eigenvalue weighted by Crippen LogP contribution is 2.40. The SMILES string of the molecule is O=C(Oc1cc(Cl)cc(Cl)c1N=S(=O)(Cc1ccccc1)Cc1ccccc1)c1ccc([N+](=O)[O-])cc1. The van der Waals surface area contributed by atoms with E-state index in [2.05, 4.69) is 4.36 Å². The molecule has 0 heterocycles. The summed E-state index contributed by atoms with van der Waals surface area (Å²) in [5.74, 6) is -0.605. The standard InChI is InChI=1S/C27H20Cl2N2O5S/c28-22-15-24(29)26(25(16-22)36-27(32)21-11-13-23(14-12-21)31(33)34)30-37(35,17-19-7-3-1-4-8-19)18-20-9-5-2-6-10-20/h1-16H,17-18H2. The zero-order valence-electron chi connectivity index (χ0n) is 19.3. The Morgan fingerprint density at radius 3 is 1.92 bits per heavy atom. The van der Waals surface area contributed by atoms with Gasteiger partial charge in [-0.2, -0.15) is 4.36 Å². The molecule has 0 spiro atoms. The Morgan fingerprint density at radius 2 is 1.41 bits per heavy atom. The number of nitro groups is 1. The summed E-state index contributed by atoms with van der Waals surface area (Å²) in [6.45, 7) is 0. The monoisotopic (exact) mass is 554 g/mol. The third kappa shape index (κ3) is 6.95. The summed E-state index contributed by atoms with van der Waals surface area (Å²) in [4.78, 5) is 23.2. The lowest BCUT2D eigenvalue weighted by Gasteiger charge is -2.14. The molecule has 0 aliphatic heterocycles. The molecule has 0 N–H and O–H groups in total. The molecule has 4 aromatic rings. The van der Waals surface area contributed by atoms with Crippen LogP contribution < -0.4 is 4.74 Å². The maximum Gasteiger partial charge on any atom is 0.343 e. The number of rotatable bonds is 8. The van der Waals surface area contributed by atoms with Crippen molar-refractivity contribution in [1.29, 1.82) is 0 Å². The quantitative estimate of drug-likeness (QED) is 0.0964. The number of hydrogen-bond acceptors (Lipinski definition) is 6. The lowest BCUT2D eigenvalue weighted by atomic mass is 10.2. The number of benzene rings is 4. The predicted octanol–water partition coefficient (Wildman–Crippen LogP) is 7.62. The van der Waals surface area contributed by atoms with Crippen LogP contribution in [0, 0.1) is 10.1 Å². The van der Waals surface area contributed by atoms with Gasteiger partial charge >= 0.3 is 5.97 Å². The van der Waals surface area contributed by atoms with Gasteiger partial charge in [0, 0.05) is 23.2 Å². The van der Waals surface area contributed by atoms with Crippen LogP contribution in [0.2, 0.25) is 10.0 Å². The Kier molecular flexibility index (Phi) is 8.23. The summed E-state index contributed by atoms with van der Waals surface area (Å²) in [7, 11) is -2.99. The molecule has 0 saturated heterocycles. The maximum absolute atomic E-state index is 14.3. The van der Waals surface area contributed by atoms with Crippen molar-refractivity contribution in [1.82, 2.24) is 0 Å². The molecule has 0 aromatic heterocycles. The van der Waals surface area contributed by atoms with Gasteiger partial charge in [-0.1, -0.05) is 83.9 Å². The zero-order valence-corrected chi connectivity index (χ0v) is 21.6. The van der Waals surface area contributed by atoms with Crippen LogP contribution >= 0.6 is 23.2 Å². The van der Waals surface area contributed by atoms with Crippen molar-refractivity contribution in [3.63, 3.8) is 0 Å². The fraction of sp³-hybridized carbons (Fsp3) is 0.0741. The van der Waals surface area contributed by atoms with Gasteiger partial charge < -0.3 is 4.74 Å². The van der Waals surface area contributed by atoms with E-state index in [4.69, 9.17) is 27.9 Å². The van der Waals surface area contributed by atoms with Crippen LogP contribution in [-0.4, -0.2) is 15.1 Å². The second kappa shape index (κ2) is 11.6. The number of nitro benzene ring substituents is 1. The van der Waals surface area contributed by atoms with Crippen LogP contribution in [0.15, 0.2) is 101 Å². The van der Waals surface area contributed by atoms with Crippen molar-refractivity contribution in [2.45, 2.75) is 11.5 Å². The summed E-state index contributed by atoms with van der Waals surface area (Å²) < 4.78 is 24.4. The molecule has 0 atom stereocenters. The third-order valence-corrected chi connectivity index (χ3v) is 7.83. The minimum Gasteiger partial charge on any atom is -0.420 e. The first-order chi connectivity index (χ1) is 17.7. The van der Waals surface area contributed by atoms with E-state index in [1.807, 2.05) is 60.7 Å². The smallest absolute Gasteiger partial charge is 0.343 e. The van der Waals surface area contributed by atoms with Crippen LogP contribution in [0.25, 0.3) is 0 Å². The van der Waals surface area contributed by atoms with Gasteiger partial charge in [0.25, 0.3) is 5.69 Å². The lowest BCUT2D eigenvalue weighted by molar-refractivity contribution is -0.384. The van der Waals surface area contributed by atoms with Crippen molar-refractivity contribution in [2.75, 3.05) is 0 Å². The number of carbonyl (C=O) groups is 1. The first kappa shape index (κ1) is 26.3. The van der Waals surface area contributed by atoms with Gasteiger partial charge in [-0.25, -0.2) is 9.00 Å². The van der Waals surface area contributed by atoms with Crippen LogP contribution in [0.1, 0.15) is 21.5 Å². The third-order valence-electron chi connectivity index (χ3n) is 5.24. The van der Waals surface area contributed by atoms with E-state index in [9.17, 15) is 19.1 Å². The highest BCUT2D eigenvalue weighted by Gasteiger charge is 2.20. The maximum atomic E-state index is 14.3. The predicted molar refractivity (Wildman–Crippen MR) is 145 cm³/mol. The van der Waals surface area contributed by atoms with Crippen LogP contribution in [0.5, 0.6) is 5.75 Å². The van der Waals surface area contributed by atoms with E-state index in [-0.39, 0.29) is 44.2 Å². The number of non-ortho nitro benzene ring substituents is 1. The second-order valence-corrected chi connectivity index (χ2v) is 11.2. The first-order valence-electron chi connectivity index (χ1n) is 11.0. The molecule has 37 heavy (non-hydrogen) atoms. The summed E-state index contributed by atoms with van der Waals surface area (Å²) in [6, 6.07) is 26.3. The molecule has 0 fully saturated rings. The second-order valence-electron chi connectivity index (χ2n) is 8.05. The van der Waals surface area contributed by atoms with E-state index in [1.165, 1.54) is 36.4 Å². The van der Waals surface area contributed by atoms with Crippen molar-refractivity contribution in [3.8, 4) is 5.75 Å². The van der Waals surface area contributed by atoms with E-state index in [1.54, 1.807) is 0 Å². The number of ether oxygens (including phenoxy) is 1. The van der Waals surface area contributed by atoms with E-state index in [0.717, 1.165) is 11.1 Å². The molecular formula is C27H20Cl2N2O5S. The Labute approximate surface area is 224 Å². The van der Waals surface area contributed by atoms with Crippen molar-refractivity contribution >= 4 is 50.3 Å². The first-order valence-corrected chi connectivity index (χ1v) is 13.6. The van der Waals surface area contributed by atoms with Crippen LogP contribution in [0.4, 0.5) is 11.4 Å². The molecule has 10 heteroatoms. The topological polar surface area (TPSA) is 98.9 Å². The molecule has 0 aliphatic carbocycles. The van der Waals surface area contributed by atoms with Crippen molar-refractivity contribution in [2.24, 2.45) is 4.36 Å². The molecule has 4 rings (SSSR count).